The maximum atomic E-state index is 5.30. The summed E-state index contributed by atoms with van der Waals surface area (Å²) >= 11 is 0. The predicted octanol–water partition coefficient (Wildman–Crippen LogP) is 0.0981. The van der Waals surface area contributed by atoms with Gasteiger partial charge in [-0.05, 0) is 24.3 Å². The van der Waals surface area contributed by atoms with E-state index < -0.39 is 0 Å². The first-order valence-electron chi connectivity index (χ1n) is 3.65. The summed E-state index contributed by atoms with van der Waals surface area (Å²) in [7, 11) is 0. The molecule has 1 aromatic heterocycles. The zero-order chi connectivity index (χ0) is 8.10. The van der Waals surface area contributed by atoms with Gasteiger partial charge in [0.25, 0.3) is 0 Å². The third kappa shape index (κ3) is 2.63. The Bertz CT molecular complexity index is 186. The van der Waals surface area contributed by atoms with Crippen LogP contribution >= 0.6 is 0 Å². The van der Waals surface area contributed by atoms with E-state index in [0.717, 1.165) is 6.61 Å². The van der Waals surface area contributed by atoms with Gasteiger partial charge in [-0.15, -0.1) is 5.10 Å². The van der Waals surface area contributed by atoms with Gasteiger partial charge in [0.2, 0.25) is 0 Å². The second-order valence-corrected chi connectivity index (χ2v) is 2.30. The molecule has 62 valence electrons. The van der Waals surface area contributed by atoms with Crippen LogP contribution in [0.1, 0.15) is 13.8 Å². The summed E-state index contributed by atoms with van der Waals surface area (Å²) in [6.07, 6.45) is 1.75. The van der Waals surface area contributed by atoms with Crippen LogP contribution in [0.3, 0.4) is 0 Å². The summed E-state index contributed by atoms with van der Waals surface area (Å²) in [5, 5.41) is 10.7. The number of hydrogen-bond donors (Lipinski definition) is 0. The molecule has 0 spiro atoms. The largest absolute Gasteiger partial charge is 0.377 e. The van der Waals surface area contributed by atoms with Crippen molar-refractivity contribution in [3.8, 4) is 0 Å². The Morgan fingerprint density at radius 2 is 2.45 bits per heavy atom. The molecular weight excluding hydrogens is 144 g/mol. The highest BCUT2D eigenvalue weighted by atomic mass is 16.5. The average molecular weight is 156 g/mol. The van der Waals surface area contributed by atoms with Gasteiger partial charge in [-0.1, -0.05) is 0 Å². The minimum atomic E-state index is 0.170. The van der Waals surface area contributed by atoms with E-state index >= 15 is 0 Å². The molecule has 0 aliphatic rings. The van der Waals surface area contributed by atoms with Crippen LogP contribution in [0.5, 0.6) is 0 Å². The maximum absolute atomic E-state index is 5.30. The van der Waals surface area contributed by atoms with Crippen LogP contribution in [0.15, 0.2) is 6.33 Å². The zero-order valence-electron chi connectivity index (χ0n) is 6.77. The van der Waals surface area contributed by atoms with Crippen LogP contribution in [-0.4, -0.2) is 32.9 Å². The molecule has 1 aromatic rings. The molecule has 5 heteroatoms. The Morgan fingerprint density at radius 3 is 3.00 bits per heavy atom. The highest BCUT2D eigenvalue weighted by Crippen LogP contribution is 1.92. The van der Waals surface area contributed by atoms with Crippen molar-refractivity contribution in [3.63, 3.8) is 0 Å². The number of tetrazole rings is 1. The lowest BCUT2D eigenvalue weighted by Crippen LogP contribution is -2.16. The van der Waals surface area contributed by atoms with E-state index in [4.69, 9.17) is 4.74 Å². The Hall–Kier alpha value is -0.970. The van der Waals surface area contributed by atoms with Gasteiger partial charge in [-0.2, -0.15) is 0 Å². The Labute approximate surface area is 65.4 Å². The first kappa shape index (κ1) is 8.13. The molecule has 0 aliphatic carbocycles. The summed E-state index contributed by atoms with van der Waals surface area (Å²) in [6.45, 7) is 5.39. The topological polar surface area (TPSA) is 52.8 Å². The van der Waals surface area contributed by atoms with E-state index in [9.17, 15) is 0 Å². The molecule has 5 nitrogen and oxygen atoms in total. The van der Waals surface area contributed by atoms with Crippen LogP contribution in [-0.2, 0) is 11.3 Å². The lowest BCUT2D eigenvalue weighted by atomic mass is 10.4. The van der Waals surface area contributed by atoms with Crippen LogP contribution < -0.4 is 0 Å². The predicted molar refractivity (Wildman–Crippen MR) is 38.9 cm³/mol. The summed E-state index contributed by atoms with van der Waals surface area (Å²) in [5.74, 6) is 0. The van der Waals surface area contributed by atoms with Crippen LogP contribution in [0.25, 0.3) is 0 Å². The van der Waals surface area contributed by atoms with Crippen molar-refractivity contribution < 1.29 is 4.74 Å². The van der Waals surface area contributed by atoms with Gasteiger partial charge in [0, 0.05) is 6.61 Å². The number of nitrogens with zero attached hydrogens (tertiary/aromatic N) is 4. The quantitative estimate of drug-likeness (QED) is 0.620. The molecule has 0 fully saturated rings. The molecule has 0 aromatic carbocycles. The van der Waals surface area contributed by atoms with Gasteiger partial charge in [-0.3, -0.25) is 0 Å². The molecule has 0 N–H and O–H groups in total. The smallest absolute Gasteiger partial charge is 0.138 e. The lowest BCUT2D eigenvalue weighted by Gasteiger charge is -2.09. The van der Waals surface area contributed by atoms with Gasteiger partial charge in [0.15, 0.2) is 0 Å². The van der Waals surface area contributed by atoms with Gasteiger partial charge >= 0.3 is 0 Å². The maximum Gasteiger partial charge on any atom is 0.138 e. The second-order valence-electron chi connectivity index (χ2n) is 2.30. The first-order chi connectivity index (χ1) is 5.33. The number of aromatic nitrogens is 4. The fourth-order valence-corrected chi connectivity index (χ4v) is 0.865. The van der Waals surface area contributed by atoms with Crippen molar-refractivity contribution in [1.82, 2.24) is 20.2 Å². The third-order valence-electron chi connectivity index (χ3n) is 1.29. The molecule has 1 rings (SSSR count). The molecular formula is C6H12N4O. The van der Waals surface area contributed by atoms with Gasteiger partial charge in [0.05, 0.1) is 12.6 Å². The molecule has 1 atom stereocenters. The number of rotatable bonds is 4. The SMILES string of the molecule is CCOC(C)Cn1cnnn1. The van der Waals surface area contributed by atoms with Crippen LogP contribution in [0, 0.1) is 0 Å². The lowest BCUT2D eigenvalue weighted by molar-refractivity contribution is 0.0610. The molecule has 0 amide bonds. The van der Waals surface area contributed by atoms with E-state index in [0.29, 0.717) is 6.54 Å². The Kier molecular flexibility index (Phi) is 2.97. The van der Waals surface area contributed by atoms with Crippen molar-refractivity contribution in [2.75, 3.05) is 6.61 Å². The van der Waals surface area contributed by atoms with Crippen LogP contribution in [0.4, 0.5) is 0 Å². The normalized spacial score (nSPS) is 13.3. The summed E-state index contributed by atoms with van der Waals surface area (Å²) in [6, 6.07) is 0. The van der Waals surface area contributed by atoms with Gasteiger partial charge < -0.3 is 4.74 Å². The summed E-state index contributed by atoms with van der Waals surface area (Å²) in [4.78, 5) is 0. The molecule has 1 heterocycles. The fourth-order valence-electron chi connectivity index (χ4n) is 0.865. The van der Waals surface area contributed by atoms with Gasteiger partial charge in [0.1, 0.15) is 6.33 Å². The minimum absolute atomic E-state index is 0.170. The van der Waals surface area contributed by atoms with Crippen molar-refractivity contribution in [2.45, 2.75) is 26.5 Å². The minimum Gasteiger partial charge on any atom is -0.377 e. The summed E-state index contributed by atoms with van der Waals surface area (Å²) < 4.78 is 6.95. The van der Waals surface area contributed by atoms with Crippen molar-refractivity contribution >= 4 is 0 Å². The van der Waals surface area contributed by atoms with Crippen molar-refractivity contribution in [1.29, 1.82) is 0 Å². The monoisotopic (exact) mass is 156 g/mol. The van der Waals surface area contributed by atoms with E-state index in [-0.39, 0.29) is 6.10 Å². The van der Waals surface area contributed by atoms with Gasteiger partial charge in [-0.25, -0.2) is 4.68 Å². The molecule has 0 saturated heterocycles. The van der Waals surface area contributed by atoms with Crippen molar-refractivity contribution in [2.24, 2.45) is 0 Å². The molecule has 11 heavy (non-hydrogen) atoms. The highest BCUT2D eigenvalue weighted by molar-refractivity contribution is 4.52. The van der Waals surface area contributed by atoms with E-state index in [2.05, 4.69) is 15.5 Å². The van der Waals surface area contributed by atoms with E-state index in [1.54, 1.807) is 11.0 Å². The second kappa shape index (κ2) is 4.02. The molecule has 0 radical (unpaired) electrons. The number of ether oxygens (including phenoxy) is 1. The van der Waals surface area contributed by atoms with E-state index in [1.807, 2.05) is 13.8 Å². The molecule has 0 bridgehead atoms. The Balaban J connectivity index is 2.31. The van der Waals surface area contributed by atoms with Crippen molar-refractivity contribution in [3.05, 3.63) is 6.33 Å². The zero-order valence-corrected chi connectivity index (χ0v) is 6.77. The molecule has 0 saturated carbocycles. The van der Waals surface area contributed by atoms with E-state index in [1.165, 1.54) is 0 Å². The molecule has 0 aliphatic heterocycles. The summed E-state index contributed by atoms with van der Waals surface area (Å²) in [5.41, 5.74) is 0. The highest BCUT2D eigenvalue weighted by Gasteiger charge is 2.01. The Morgan fingerprint density at radius 1 is 1.64 bits per heavy atom. The average Bonchev–Trinajstić information content (AvgIpc) is 2.40. The fraction of sp³-hybridized carbons (Fsp3) is 0.833. The van der Waals surface area contributed by atoms with Crippen LogP contribution in [0.2, 0.25) is 0 Å². The standard InChI is InChI=1S/C6H12N4O/c1-3-11-6(2)4-10-5-7-8-9-10/h5-6H,3-4H2,1-2H3. The first-order valence-corrected chi connectivity index (χ1v) is 3.65. The third-order valence-corrected chi connectivity index (χ3v) is 1.29. The molecule has 1 unspecified atom stereocenters. The number of hydrogen-bond acceptors (Lipinski definition) is 4.